The van der Waals surface area contributed by atoms with Crippen LogP contribution in [0.2, 0.25) is 0 Å². The summed E-state index contributed by atoms with van der Waals surface area (Å²) in [4.78, 5) is 0. The molecule has 7 heteroatoms. The number of nitrogens with one attached hydrogen (secondary N) is 1. The van der Waals surface area contributed by atoms with Gasteiger partial charge in [0.1, 0.15) is 0 Å². The van der Waals surface area contributed by atoms with Crippen LogP contribution < -0.4 is 19.5 Å². The van der Waals surface area contributed by atoms with Gasteiger partial charge in [-0.3, -0.25) is 0 Å². The van der Waals surface area contributed by atoms with Crippen LogP contribution in [0.15, 0.2) is 12.1 Å². The number of alkyl halides is 2. The Balaban J connectivity index is 2.07. The standard InChI is InChI=1S/C16H23F2NO4/c1-21-13-7-10(8-14(22-2)15(13)23-16(17)18)9-19-11-3-5-12(20)6-4-11/h7-8,11-12,16,19-20H,3-6,9H2,1-2H3. The lowest BCUT2D eigenvalue weighted by Crippen LogP contribution is -2.34. The van der Waals surface area contributed by atoms with Crippen molar-refractivity contribution >= 4 is 0 Å². The monoisotopic (exact) mass is 331 g/mol. The second-order valence-corrected chi connectivity index (χ2v) is 5.59. The first-order valence-electron chi connectivity index (χ1n) is 7.64. The average Bonchev–Trinajstić information content (AvgIpc) is 2.54. The summed E-state index contributed by atoms with van der Waals surface area (Å²) in [7, 11) is 2.79. The fraction of sp³-hybridized carbons (Fsp3) is 0.625. The van der Waals surface area contributed by atoms with Crippen molar-refractivity contribution in [2.75, 3.05) is 14.2 Å². The third-order valence-corrected chi connectivity index (χ3v) is 4.02. The van der Waals surface area contributed by atoms with E-state index >= 15 is 0 Å². The van der Waals surface area contributed by atoms with Crippen LogP contribution in [0.4, 0.5) is 8.78 Å². The van der Waals surface area contributed by atoms with Crippen LogP contribution in [-0.2, 0) is 6.54 Å². The van der Waals surface area contributed by atoms with E-state index in [1.807, 2.05) is 0 Å². The normalized spacial score (nSPS) is 21.3. The van der Waals surface area contributed by atoms with E-state index in [-0.39, 0.29) is 23.4 Å². The number of hydrogen-bond donors (Lipinski definition) is 2. The number of benzene rings is 1. The molecule has 1 aromatic carbocycles. The Morgan fingerprint density at radius 1 is 1.13 bits per heavy atom. The van der Waals surface area contributed by atoms with Crippen molar-refractivity contribution in [3.63, 3.8) is 0 Å². The quantitative estimate of drug-likeness (QED) is 0.804. The number of methoxy groups -OCH3 is 2. The van der Waals surface area contributed by atoms with Gasteiger partial charge in [-0.15, -0.1) is 0 Å². The smallest absolute Gasteiger partial charge is 0.387 e. The SMILES string of the molecule is COc1cc(CNC2CCC(O)CC2)cc(OC)c1OC(F)F. The molecule has 0 radical (unpaired) electrons. The molecule has 5 nitrogen and oxygen atoms in total. The summed E-state index contributed by atoms with van der Waals surface area (Å²) in [5.41, 5.74) is 0.853. The van der Waals surface area contributed by atoms with E-state index in [9.17, 15) is 13.9 Å². The van der Waals surface area contributed by atoms with Crippen molar-refractivity contribution in [2.45, 2.75) is 51.0 Å². The number of halogens is 2. The molecule has 0 atom stereocenters. The van der Waals surface area contributed by atoms with E-state index < -0.39 is 6.61 Å². The predicted octanol–water partition coefficient (Wildman–Crippen LogP) is 2.70. The second kappa shape index (κ2) is 8.31. The molecule has 0 saturated heterocycles. The van der Waals surface area contributed by atoms with Gasteiger partial charge in [-0.05, 0) is 43.4 Å². The van der Waals surface area contributed by atoms with Crippen LogP contribution >= 0.6 is 0 Å². The van der Waals surface area contributed by atoms with E-state index in [1.165, 1.54) is 14.2 Å². The van der Waals surface area contributed by atoms with Crippen LogP contribution in [0.3, 0.4) is 0 Å². The van der Waals surface area contributed by atoms with Crippen molar-refractivity contribution in [3.05, 3.63) is 17.7 Å². The van der Waals surface area contributed by atoms with E-state index in [2.05, 4.69) is 10.1 Å². The molecule has 0 amide bonds. The third-order valence-electron chi connectivity index (χ3n) is 4.02. The van der Waals surface area contributed by atoms with E-state index in [0.717, 1.165) is 31.2 Å². The Bertz CT molecular complexity index is 480. The summed E-state index contributed by atoms with van der Waals surface area (Å²) < 4.78 is 39.8. The van der Waals surface area contributed by atoms with Crippen LogP contribution in [0.5, 0.6) is 17.2 Å². The zero-order valence-corrected chi connectivity index (χ0v) is 13.4. The first-order chi connectivity index (χ1) is 11.0. The number of aliphatic hydroxyl groups is 1. The third kappa shape index (κ3) is 4.94. The van der Waals surface area contributed by atoms with Gasteiger partial charge in [0.15, 0.2) is 11.5 Å². The van der Waals surface area contributed by atoms with Crippen molar-refractivity contribution in [3.8, 4) is 17.2 Å². The molecule has 1 saturated carbocycles. The zero-order chi connectivity index (χ0) is 16.8. The topological polar surface area (TPSA) is 60.0 Å². The molecule has 23 heavy (non-hydrogen) atoms. The van der Waals surface area contributed by atoms with Crippen molar-refractivity contribution < 1.29 is 28.1 Å². The van der Waals surface area contributed by atoms with Crippen molar-refractivity contribution in [2.24, 2.45) is 0 Å². The predicted molar refractivity (Wildman–Crippen MR) is 81.3 cm³/mol. The Hall–Kier alpha value is -1.60. The lowest BCUT2D eigenvalue weighted by atomic mass is 9.93. The average molecular weight is 331 g/mol. The highest BCUT2D eigenvalue weighted by molar-refractivity contribution is 5.53. The second-order valence-electron chi connectivity index (χ2n) is 5.59. The summed E-state index contributed by atoms with van der Waals surface area (Å²) >= 11 is 0. The van der Waals surface area contributed by atoms with Crippen LogP contribution in [-0.4, -0.2) is 38.1 Å². The lowest BCUT2D eigenvalue weighted by molar-refractivity contribution is -0.0526. The largest absolute Gasteiger partial charge is 0.493 e. The minimum absolute atomic E-state index is 0.102. The summed E-state index contributed by atoms with van der Waals surface area (Å²) in [6.45, 7) is -2.39. The minimum atomic E-state index is -2.95. The molecule has 1 aromatic rings. The number of rotatable bonds is 7. The molecular formula is C16H23F2NO4. The van der Waals surface area contributed by atoms with E-state index in [1.54, 1.807) is 12.1 Å². The minimum Gasteiger partial charge on any atom is -0.493 e. The number of ether oxygens (including phenoxy) is 3. The van der Waals surface area contributed by atoms with Crippen molar-refractivity contribution in [1.29, 1.82) is 0 Å². The van der Waals surface area contributed by atoms with Gasteiger partial charge < -0.3 is 24.6 Å². The summed E-state index contributed by atoms with van der Waals surface area (Å²) in [5, 5.41) is 12.9. The highest BCUT2D eigenvalue weighted by Crippen LogP contribution is 2.39. The Labute approximate surface area is 134 Å². The van der Waals surface area contributed by atoms with Crippen molar-refractivity contribution in [1.82, 2.24) is 5.32 Å². The Morgan fingerprint density at radius 3 is 2.17 bits per heavy atom. The first kappa shape index (κ1) is 17.7. The molecule has 2 N–H and O–H groups in total. The molecule has 0 bridgehead atoms. The highest BCUT2D eigenvalue weighted by atomic mass is 19.3. The number of aliphatic hydroxyl groups excluding tert-OH is 1. The molecule has 2 rings (SSSR count). The molecule has 0 aliphatic heterocycles. The first-order valence-corrected chi connectivity index (χ1v) is 7.64. The fourth-order valence-electron chi connectivity index (χ4n) is 2.78. The summed E-state index contributed by atoms with van der Waals surface area (Å²) in [5.74, 6) is 0.315. The van der Waals surface area contributed by atoms with Gasteiger partial charge in [0.05, 0.1) is 20.3 Å². The molecule has 1 aliphatic carbocycles. The Kier molecular flexibility index (Phi) is 6.41. The lowest BCUT2D eigenvalue weighted by Gasteiger charge is -2.26. The van der Waals surface area contributed by atoms with Gasteiger partial charge in [-0.25, -0.2) is 0 Å². The number of hydrogen-bond acceptors (Lipinski definition) is 5. The van der Waals surface area contributed by atoms with Crippen LogP contribution in [0.25, 0.3) is 0 Å². The summed E-state index contributed by atoms with van der Waals surface area (Å²) in [6, 6.07) is 3.66. The molecular weight excluding hydrogens is 308 g/mol. The molecule has 1 fully saturated rings. The molecule has 0 aromatic heterocycles. The van der Waals surface area contributed by atoms with Gasteiger partial charge in [0.25, 0.3) is 0 Å². The van der Waals surface area contributed by atoms with E-state index in [0.29, 0.717) is 12.6 Å². The van der Waals surface area contributed by atoms with Crippen LogP contribution in [0.1, 0.15) is 31.2 Å². The van der Waals surface area contributed by atoms with Gasteiger partial charge in [-0.1, -0.05) is 0 Å². The maximum absolute atomic E-state index is 12.5. The van der Waals surface area contributed by atoms with Gasteiger partial charge in [-0.2, -0.15) is 8.78 Å². The zero-order valence-electron chi connectivity index (χ0n) is 13.4. The van der Waals surface area contributed by atoms with Gasteiger partial charge in [0.2, 0.25) is 5.75 Å². The van der Waals surface area contributed by atoms with Gasteiger partial charge >= 0.3 is 6.61 Å². The molecule has 0 unspecified atom stereocenters. The molecule has 0 heterocycles. The highest BCUT2D eigenvalue weighted by Gasteiger charge is 2.20. The maximum Gasteiger partial charge on any atom is 0.387 e. The molecule has 0 spiro atoms. The fourth-order valence-corrected chi connectivity index (χ4v) is 2.78. The summed E-state index contributed by atoms with van der Waals surface area (Å²) in [6.07, 6.45) is 3.24. The molecule has 130 valence electrons. The van der Waals surface area contributed by atoms with E-state index in [4.69, 9.17) is 9.47 Å². The van der Waals surface area contributed by atoms with Gasteiger partial charge in [0, 0.05) is 12.6 Å². The Morgan fingerprint density at radius 2 is 1.70 bits per heavy atom. The van der Waals surface area contributed by atoms with Crippen LogP contribution in [0, 0.1) is 0 Å². The maximum atomic E-state index is 12.5. The molecule has 1 aliphatic rings.